The Kier molecular flexibility index (Phi) is 5.99. The number of alkyl carbamates (subject to hydrolysis) is 1. The van der Waals surface area contributed by atoms with Crippen LogP contribution in [0.5, 0.6) is 0 Å². The van der Waals surface area contributed by atoms with Crippen molar-refractivity contribution in [2.24, 2.45) is 0 Å². The molecule has 0 radical (unpaired) electrons. The number of nitrogens with zero attached hydrogens (tertiary/aromatic N) is 1. The summed E-state index contributed by atoms with van der Waals surface area (Å²) in [6.45, 7) is 0.319. The average Bonchev–Trinajstić information content (AvgIpc) is 2.78. The lowest BCUT2D eigenvalue weighted by atomic mass is 9.74. The first-order valence-corrected chi connectivity index (χ1v) is 10.5. The first-order valence-electron chi connectivity index (χ1n) is 10.5. The maximum Gasteiger partial charge on any atom is 0.416 e. The number of benzene rings is 2. The molecule has 1 spiro atoms. The molecular formula is C23H20F6N2O3. The molecular weight excluding hydrogens is 466 g/mol. The summed E-state index contributed by atoms with van der Waals surface area (Å²) >= 11 is 0. The van der Waals surface area contributed by atoms with E-state index in [0.29, 0.717) is 18.7 Å². The zero-order valence-corrected chi connectivity index (χ0v) is 17.7. The number of amides is 2. The molecule has 1 N–H and O–H groups in total. The Balaban J connectivity index is 1.58. The highest BCUT2D eigenvalue weighted by atomic mass is 19.4. The molecule has 5 nitrogen and oxygen atoms in total. The van der Waals surface area contributed by atoms with Crippen molar-refractivity contribution in [1.29, 1.82) is 0 Å². The summed E-state index contributed by atoms with van der Waals surface area (Å²) in [7, 11) is 0. The van der Waals surface area contributed by atoms with Gasteiger partial charge in [-0.15, -0.1) is 0 Å². The number of ether oxygens (including phenoxy) is 1. The lowest BCUT2D eigenvalue weighted by Crippen LogP contribution is -2.58. The minimum atomic E-state index is -5.05. The van der Waals surface area contributed by atoms with Gasteiger partial charge in [-0.1, -0.05) is 30.3 Å². The molecule has 0 aromatic heterocycles. The lowest BCUT2D eigenvalue weighted by Gasteiger charge is -2.48. The highest BCUT2D eigenvalue weighted by Gasteiger charge is 2.49. The second-order valence-corrected chi connectivity index (χ2v) is 8.39. The van der Waals surface area contributed by atoms with E-state index in [1.807, 2.05) is 30.3 Å². The van der Waals surface area contributed by atoms with Crippen molar-refractivity contribution in [3.63, 3.8) is 0 Å². The second kappa shape index (κ2) is 8.52. The van der Waals surface area contributed by atoms with Gasteiger partial charge in [0.15, 0.2) is 0 Å². The standard InChI is InChI=1S/C23H20F6N2O3/c24-22(25,26)16-10-15(11-17(12-16)23(27,28)29)19(32)31-8-6-21(7-9-31)18(13-30-20(33)34-21)14-4-2-1-3-5-14/h1-5,10-12,18H,6-9,13H2,(H,30,33). The average molecular weight is 486 g/mol. The zero-order valence-electron chi connectivity index (χ0n) is 17.7. The number of halogens is 6. The van der Waals surface area contributed by atoms with Crippen LogP contribution in [0.25, 0.3) is 0 Å². The topological polar surface area (TPSA) is 58.6 Å². The predicted octanol–water partition coefficient (Wildman–Crippen LogP) is 5.22. The van der Waals surface area contributed by atoms with Gasteiger partial charge in [-0.2, -0.15) is 26.3 Å². The fourth-order valence-corrected chi connectivity index (χ4v) is 4.57. The molecule has 2 aliphatic heterocycles. The number of piperidine rings is 1. The summed E-state index contributed by atoms with van der Waals surface area (Å²) in [5.74, 6) is -1.17. The van der Waals surface area contributed by atoms with Crippen LogP contribution in [-0.2, 0) is 17.1 Å². The summed E-state index contributed by atoms with van der Waals surface area (Å²) in [5, 5.41) is 2.65. The predicted molar refractivity (Wildman–Crippen MR) is 108 cm³/mol. The number of hydrogen-bond donors (Lipinski definition) is 1. The molecule has 0 aliphatic carbocycles. The molecule has 4 rings (SSSR count). The molecule has 2 aromatic rings. The van der Waals surface area contributed by atoms with Gasteiger partial charge in [-0.05, 0) is 23.8 Å². The van der Waals surface area contributed by atoms with Gasteiger partial charge in [0.25, 0.3) is 5.91 Å². The van der Waals surface area contributed by atoms with Gasteiger partial charge in [0.2, 0.25) is 0 Å². The quantitative estimate of drug-likeness (QED) is 0.592. The molecule has 34 heavy (non-hydrogen) atoms. The van der Waals surface area contributed by atoms with Crippen LogP contribution in [0.1, 0.15) is 45.8 Å². The minimum absolute atomic E-state index is 0.00699. The SMILES string of the molecule is O=C1NCC(c2ccccc2)C2(CCN(C(=O)c3cc(C(F)(F)F)cc(C(F)(F)F)c3)CC2)O1. The third-order valence-corrected chi connectivity index (χ3v) is 6.32. The monoisotopic (exact) mass is 486 g/mol. The Labute approximate surface area is 190 Å². The van der Waals surface area contributed by atoms with E-state index in [2.05, 4.69) is 5.32 Å². The summed E-state index contributed by atoms with van der Waals surface area (Å²) in [6, 6.07) is 10.1. The van der Waals surface area contributed by atoms with E-state index in [1.54, 1.807) is 0 Å². The highest BCUT2D eigenvalue weighted by Crippen LogP contribution is 2.42. The smallest absolute Gasteiger partial charge is 0.416 e. The Morgan fingerprint density at radius 2 is 1.50 bits per heavy atom. The molecule has 2 heterocycles. The van der Waals surface area contributed by atoms with Crippen molar-refractivity contribution in [3.8, 4) is 0 Å². The Morgan fingerprint density at radius 1 is 0.941 bits per heavy atom. The molecule has 1 atom stereocenters. The Hall–Kier alpha value is -3.24. The number of nitrogens with one attached hydrogen (secondary N) is 1. The molecule has 1 unspecified atom stereocenters. The van der Waals surface area contributed by atoms with Crippen LogP contribution in [0.4, 0.5) is 31.1 Å². The second-order valence-electron chi connectivity index (χ2n) is 8.39. The normalized spacial score (nSPS) is 20.6. The molecule has 0 saturated carbocycles. The largest absolute Gasteiger partial charge is 0.442 e. The van der Waals surface area contributed by atoms with Crippen molar-refractivity contribution < 1.29 is 40.7 Å². The van der Waals surface area contributed by atoms with Crippen molar-refractivity contribution in [1.82, 2.24) is 10.2 Å². The van der Waals surface area contributed by atoms with Crippen LogP contribution < -0.4 is 5.32 Å². The Bertz CT molecular complexity index is 1040. The molecule has 2 aliphatic rings. The number of alkyl halides is 6. The molecule has 2 saturated heterocycles. The van der Waals surface area contributed by atoms with Crippen LogP contribution in [0, 0.1) is 0 Å². The minimum Gasteiger partial charge on any atom is -0.442 e. The van der Waals surface area contributed by atoms with E-state index >= 15 is 0 Å². The van der Waals surface area contributed by atoms with Crippen molar-refractivity contribution in [3.05, 3.63) is 70.8 Å². The van der Waals surface area contributed by atoms with Crippen LogP contribution >= 0.6 is 0 Å². The molecule has 0 bridgehead atoms. The van der Waals surface area contributed by atoms with Gasteiger partial charge < -0.3 is 15.0 Å². The first kappa shape index (κ1) is 23.9. The van der Waals surface area contributed by atoms with Crippen molar-refractivity contribution in [2.75, 3.05) is 19.6 Å². The highest BCUT2D eigenvalue weighted by molar-refractivity contribution is 5.94. The van der Waals surface area contributed by atoms with Gasteiger partial charge >= 0.3 is 18.4 Å². The summed E-state index contributed by atoms with van der Waals surface area (Å²) in [5.41, 5.74) is -3.81. The van der Waals surface area contributed by atoms with Crippen LogP contribution in [0.2, 0.25) is 0 Å². The number of carbonyl (C=O) groups excluding carboxylic acids is 2. The van der Waals surface area contributed by atoms with Gasteiger partial charge in [0, 0.05) is 44.0 Å². The van der Waals surface area contributed by atoms with Crippen LogP contribution in [0.15, 0.2) is 48.5 Å². The Morgan fingerprint density at radius 3 is 2.03 bits per heavy atom. The van der Waals surface area contributed by atoms with Gasteiger partial charge in [0.1, 0.15) is 5.60 Å². The van der Waals surface area contributed by atoms with Gasteiger partial charge in [0.05, 0.1) is 11.1 Å². The van der Waals surface area contributed by atoms with E-state index in [0.717, 1.165) is 5.56 Å². The third kappa shape index (κ3) is 4.69. The third-order valence-electron chi connectivity index (χ3n) is 6.32. The van der Waals surface area contributed by atoms with Gasteiger partial charge in [-0.25, -0.2) is 4.79 Å². The number of likely N-dealkylation sites (tertiary alicyclic amines) is 1. The van der Waals surface area contributed by atoms with Crippen LogP contribution in [0.3, 0.4) is 0 Å². The molecule has 2 amide bonds. The first-order chi connectivity index (χ1) is 15.9. The fourth-order valence-electron chi connectivity index (χ4n) is 4.57. The van der Waals surface area contributed by atoms with Gasteiger partial charge in [-0.3, -0.25) is 4.79 Å². The number of hydrogen-bond acceptors (Lipinski definition) is 3. The molecule has 182 valence electrons. The fraction of sp³-hybridized carbons (Fsp3) is 0.391. The summed E-state index contributed by atoms with van der Waals surface area (Å²) < 4.78 is 84.7. The van der Waals surface area contributed by atoms with Crippen molar-refractivity contribution in [2.45, 2.75) is 36.7 Å². The van der Waals surface area contributed by atoms with Crippen molar-refractivity contribution >= 4 is 12.0 Å². The number of carbonyl (C=O) groups is 2. The maximum absolute atomic E-state index is 13.2. The summed E-state index contributed by atoms with van der Waals surface area (Å²) in [4.78, 5) is 26.1. The maximum atomic E-state index is 13.2. The zero-order chi connectivity index (χ0) is 24.7. The summed E-state index contributed by atoms with van der Waals surface area (Å²) in [6.07, 6.45) is -10.3. The molecule has 2 aromatic carbocycles. The molecule has 2 fully saturated rings. The van der Waals surface area contributed by atoms with E-state index in [1.165, 1.54) is 4.90 Å². The number of rotatable bonds is 2. The van der Waals surface area contributed by atoms with E-state index < -0.39 is 46.6 Å². The molecule has 11 heteroatoms. The van der Waals surface area contributed by atoms with E-state index in [9.17, 15) is 35.9 Å². The van der Waals surface area contributed by atoms with Crippen LogP contribution in [-0.4, -0.2) is 42.1 Å². The lowest BCUT2D eigenvalue weighted by molar-refractivity contribution is -0.143. The van der Waals surface area contributed by atoms with E-state index in [4.69, 9.17) is 4.74 Å². The van der Waals surface area contributed by atoms with E-state index in [-0.39, 0.29) is 37.9 Å².